The third-order valence-electron chi connectivity index (χ3n) is 2.45. The number of rotatable bonds is 5. The third kappa shape index (κ3) is 2.56. The molecule has 0 fully saturated rings. The number of carbonyl (C=O) groups is 2. The molecule has 0 spiro atoms. The first-order chi connectivity index (χ1) is 8.43. The van der Waals surface area contributed by atoms with Gasteiger partial charge in [-0.05, 0) is 6.42 Å². The molecule has 0 bridgehead atoms. The fourth-order valence-corrected chi connectivity index (χ4v) is 2.67. The second-order valence-corrected chi connectivity index (χ2v) is 4.80. The molecule has 18 heavy (non-hydrogen) atoms. The van der Waals surface area contributed by atoms with Gasteiger partial charge in [0.25, 0.3) is 5.91 Å². The van der Waals surface area contributed by atoms with Crippen molar-refractivity contribution in [1.29, 1.82) is 0 Å². The second kappa shape index (κ2) is 5.72. The molecule has 0 aliphatic heterocycles. The van der Waals surface area contributed by atoms with Crippen LogP contribution in [0.1, 0.15) is 33.4 Å². The van der Waals surface area contributed by atoms with E-state index in [-0.39, 0.29) is 16.1 Å². The normalized spacial score (nSPS) is 10.2. The van der Waals surface area contributed by atoms with Crippen LogP contribution in [0.5, 0.6) is 0 Å². The number of carbonyl (C=O) groups excluding carboxylic acids is 2. The molecular formula is C11H17N3O3S. The van der Waals surface area contributed by atoms with Crippen LogP contribution in [0.2, 0.25) is 0 Å². The Labute approximate surface area is 110 Å². The maximum Gasteiger partial charge on any atom is 0.343 e. The molecule has 1 rings (SSSR count). The largest absolute Gasteiger partial charge is 0.465 e. The molecule has 0 aliphatic rings. The van der Waals surface area contributed by atoms with E-state index < -0.39 is 11.9 Å². The molecule has 0 saturated carbocycles. The quantitative estimate of drug-likeness (QED) is 0.780. The summed E-state index contributed by atoms with van der Waals surface area (Å²) in [5, 5.41) is 0.606. The molecule has 0 aliphatic carbocycles. The Bertz CT molecular complexity index is 470. The van der Waals surface area contributed by atoms with Crippen molar-refractivity contribution in [3.63, 3.8) is 0 Å². The van der Waals surface area contributed by atoms with Gasteiger partial charge in [0.05, 0.1) is 12.8 Å². The maximum absolute atomic E-state index is 11.7. The van der Waals surface area contributed by atoms with Gasteiger partial charge < -0.3 is 21.1 Å². The van der Waals surface area contributed by atoms with Crippen LogP contribution in [-0.4, -0.2) is 32.6 Å². The van der Waals surface area contributed by atoms with Crippen LogP contribution in [0.25, 0.3) is 0 Å². The number of anilines is 2. The van der Waals surface area contributed by atoms with Crippen molar-refractivity contribution in [3.8, 4) is 0 Å². The number of nitrogen functional groups attached to an aromatic ring is 1. The summed E-state index contributed by atoms with van der Waals surface area (Å²) in [6.45, 7) is 2.75. The van der Waals surface area contributed by atoms with Gasteiger partial charge in [0.1, 0.15) is 15.4 Å². The van der Waals surface area contributed by atoms with Crippen molar-refractivity contribution in [3.05, 3.63) is 10.4 Å². The number of amides is 1. The summed E-state index contributed by atoms with van der Waals surface area (Å²) in [7, 11) is 3.10. The van der Waals surface area contributed by atoms with Crippen LogP contribution >= 0.6 is 11.3 Å². The molecule has 1 aromatic rings. The summed E-state index contributed by atoms with van der Waals surface area (Å²) in [5.74, 6) is -1.20. The van der Waals surface area contributed by atoms with Gasteiger partial charge in [0, 0.05) is 13.6 Å². The van der Waals surface area contributed by atoms with Crippen LogP contribution in [0, 0.1) is 0 Å². The van der Waals surface area contributed by atoms with Crippen molar-refractivity contribution in [1.82, 2.24) is 0 Å². The SMILES string of the molecule is CCCN(C)c1sc(C(N)=O)c(N)c1C(=O)OC. The van der Waals surface area contributed by atoms with Crippen LogP contribution in [-0.2, 0) is 4.74 Å². The number of methoxy groups -OCH3 is 1. The van der Waals surface area contributed by atoms with Gasteiger partial charge >= 0.3 is 5.97 Å². The van der Waals surface area contributed by atoms with Crippen LogP contribution < -0.4 is 16.4 Å². The average Bonchev–Trinajstić information content (AvgIpc) is 2.66. The molecule has 0 radical (unpaired) electrons. The van der Waals surface area contributed by atoms with Gasteiger partial charge in [-0.3, -0.25) is 4.79 Å². The first-order valence-electron chi connectivity index (χ1n) is 5.45. The van der Waals surface area contributed by atoms with Crippen LogP contribution in [0.3, 0.4) is 0 Å². The van der Waals surface area contributed by atoms with E-state index in [2.05, 4.69) is 4.74 Å². The summed E-state index contributed by atoms with van der Waals surface area (Å²) >= 11 is 1.11. The first-order valence-corrected chi connectivity index (χ1v) is 6.27. The number of hydrogen-bond donors (Lipinski definition) is 2. The molecule has 6 nitrogen and oxygen atoms in total. The van der Waals surface area contributed by atoms with Gasteiger partial charge in [-0.1, -0.05) is 6.92 Å². The Hall–Kier alpha value is -1.76. The van der Waals surface area contributed by atoms with Crippen molar-refractivity contribution in [2.75, 3.05) is 31.3 Å². The van der Waals surface area contributed by atoms with E-state index >= 15 is 0 Å². The average molecular weight is 271 g/mol. The molecule has 1 heterocycles. The van der Waals surface area contributed by atoms with Gasteiger partial charge in [-0.2, -0.15) is 0 Å². The lowest BCUT2D eigenvalue weighted by atomic mass is 10.2. The number of primary amides is 1. The van der Waals surface area contributed by atoms with Crippen molar-refractivity contribution < 1.29 is 14.3 Å². The summed E-state index contributed by atoms with van der Waals surface area (Å²) in [6.07, 6.45) is 0.904. The van der Waals surface area contributed by atoms with Gasteiger partial charge in [0.15, 0.2) is 0 Å². The minimum Gasteiger partial charge on any atom is -0.465 e. The number of nitrogens with two attached hydrogens (primary N) is 2. The molecule has 1 amide bonds. The Morgan fingerprint density at radius 2 is 2.06 bits per heavy atom. The second-order valence-electron chi connectivity index (χ2n) is 3.80. The molecular weight excluding hydrogens is 254 g/mol. The number of hydrogen-bond acceptors (Lipinski definition) is 6. The molecule has 4 N–H and O–H groups in total. The van der Waals surface area contributed by atoms with Gasteiger partial charge in [-0.25, -0.2) is 4.79 Å². The zero-order chi connectivity index (χ0) is 13.9. The molecule has 0 aromatic carbocycles. The maximum atomic E-state index is 11.7. The molecule has 100 valence electrons. The number of nitrogens with zero attached hydrogens (tertiary/aromatic N) is 1. The lowest BCUT2D eigenvalue weighted by molar-refractivity contribution is 0.0603. The van der Waals surface area contributed by atoms with Crippen molar-refractivity contribution in [2.45, 2.75) is 13.3 Å². The van der Waals surface area contributed by atoms with E-state index in [0.29, 0.717) is 5.00 Å². The van der Waals surface area contributed by atoms with Gasteiger partial charge in [0.2, 0.25) is 0 Å². The summed E-state index contributed by atoms with van der Waals surface area (Å²) in [5.41, 5.74) is 11.3. The van der Waals surface area contributed by atoms with E-state index in [0.717, 1.165) is 24.3 Å². The predicted octanol–water partition coefficient (Wildman–Crippen LogP) is 1.06. The Balaban J connectivity index is 3.35. The first kappa shape index (κ1) is 14.3. The summed E-state index contributed by atoms with van der Waals surface area (Å²) < 4.78 is 4.69. The molecule has 1 aromatic heterocycles. The zero-order valence-corrected chi connectivity index (χ0v) is 11.5. The lowest BCUT2D eigenvalue weighted by Crippen LogP contribution is -2.19. The lowest BCUT2D eigenvalue weighted by Gasteiger charge is -2.17. The van der Waals surface area contributed by atoms with E-state index in [4.69, 9.17) is 11.5 Å². The van der Waals surface area contributed by atoms with E-state index in [1.165, 1.54) is 7.11 Å². The highest BCUT2D eigenvalue weighted by atomic mass is 32.1. The smallest absolute Gasteiger partial charge is 0.343 e. The van der Waals surface area contributed by atoms with Crippen LogP contribution in [0.15, 0.2) is 0 Å². The zero-order valence-electron chi connectivity index (χ0n) is 10.6. The molecule has 0 saturated heterocycles. The predicted molar refractivity (Wildman–Crippen MR) is 72.1 cm³/mol. The third-order valence-corrected chi connectivity index (χ3v) is 3.78. The highest BCUT2D eigenvalue weighted by Gasteiger charge is 2.26. The van der Waals surface area contributed by atoms with Crippen molar-refractivity contribution >= 4 is 33.9 Å². The molecule has 0 atom stereocenters. The molecule has 7 heteroatoms. The highest BCUT2D eigenvalue weighted by molar-refractivity contribution is 7.19. The van der Waals surface area contributed by atoms with E-state index in [1.807, 2.05) is 18.9 Å². The fraction of sp³-hybridized carbons (Fsp3) is 0.455. The van der Waals surface area contributed by atoms with E-state index in [1.54, 1.807) is 0 Å². The highest BCUT2D eigenvalue weighted by Crippen LogP contribution is 2.38. The topological polar surface area (TPSA) is 98.6 Å². The fourth-order valence-electron chi connectivity index (χ4n) is 1.62. The Morgan fingerprint density at radius 1 is 1.44 bits per heavy atom. The number of ether oxygens (including phenoxy) is 1. The monoisotopic (exact) mass is 271 g/mol. The summed E-state index contributed by atoms with van der Waals surface area (Å²) in [4.78, 5) is 25.0. The standard InChI is InChI=1S/C11H17N3O3S/c1-4-5-14(2)10-6(11(16)17-3)7(12)8(18-10)9(13)15/h4-5,12H2,1-3H3,(H2,13,15). The minimum absolute atomic E-state index is 0.0947. The van der Waals surface area contributed by atoms with Crippen molar-refractivity contribution in [2.24, 2.45) is 5.73 Å². The van der Waals surface area contributed by atoms with E-state index in [9.17, 15) is 9.59 Å². The molecule has 0 unspecified atom stereocenters. The van der Waals surface area contributed by atoms with Gasteiger partial charge in [-0.15, -0.1) is 11.3 Å². The Kier molecular flexibility index (Phi) is 4.55. The van der Waals surface area contributed by atoms with Crippen LogP contribution in [0.4, 0.5) is 10.7 Å². The number of thiophene rings is 1. The summed E-state index contributed by atoms with van der Waals surface area (Å²) in [6, 6.07) is 0. The minimum atomic E-state index is -0.640. The Morgan fingerprint density at radius 3 is 2.50 bits per heavy atom. The number of esters is 1.